The van der Waals surface area contributed by atoms with Crippen LogP contribution in [-0.2, 0) is 11.2 Å². The highest BCUT2D eigenvalue weighted by atomic mass is 16.5. The molecule has 7 heteroatoms. The minimum atomic E-state index is -0.152. The smallest absolute Gasteiger partial charge is 0.251 e. The van der Waals surface area contributed by atoms with Crippen molar-refractivity contribution in [2.24, 2.45) is 0 Å². The largest absolute Gasteiger partial charge is 0.493 e. The summed E-state index contributed by atoms with van der Waals surface area (Å²) in [7, 11) is 4.65. The van der Waals surface area contributed by atoms with Gasteiger partial charge in [0.15, 0.2) is 11.5 Å². The van der Waals surface area contributed by atoms with Gasteiger partial charge in [-0.15, -0.1) is 0 Å². The molecule has 2 amide bonds. The van der Waals surface area contributed by atoms with E-state index in [4.69, 9.17) is 14.2 Å². The molecular weight excluding hydrogens is 372 g/mol. The molecule has 156 valence electrons. The number of aryl methyl sites for hydroxylation is 1. The molecule has 0 atom stereocenters. The van der Waals surface area contributed by atoms with E-state index in [0.29, 0.717) is 41.5 Å². The number of nitrogens with one attached hydrogen (secondary N) is 2. The number of methoxy groups -OCH3 is 3. The van der Waals surface area contributed by atoms with Gasteiger partial charge in [-0.25, -0.2) is 0 Å². The Morgan fingerprint density at radius 2 is 1.66 bits per heavy atom. The van der Waals surface area contributed by atoms with Crippen LogP contribution in [0, 0.1) is 0 Å². The average Bonchev–Trinajstić information content (AvgIpc) is 2.75. The highest BCUT2D eigenvalue weighted by Crippen LogP contribution is 2.38. The zero-order chi connectivity index (χ0) is 21.2. The second-order valence-corrected chi connectivity index (χ2v) is 6.42. The van der Waals surface area contributed by atoms with Gasteiger partial charge in [0.2, 0.25) is 11.7 Å². The summed E-state index contributed by atoms with van der Waals surface area (Å²) >= 11 is 0. The van der Waals surface area contributed by atoms with Gasteiger partial charge in [0.25, 0.3) is 5.91 Å². The van der Waals surface area contributed by atoms with Crippen molar-refractivity contribution in [3.05, 3.63) is 47.5 Å². The van der Waals surface area contributed by atoms with Crippen molar-refractivity contribution in [3.8, 4) is 17.2 Å². The molecule has 0 aromatic heterocycles. The monoisotopic (exact) mass is 400 g/mol. The topological polar surface area (TPSA) is 85.9 Å². The summed E-state index contributed by atoms with van der Waals surface area (Å²) in [5.41, 5.74) is 1.99. The van der Waals surface area contributed by atoms with E-state index in [0.717, 1.165) is 12.0 Å². The van der Waals surface area contributed by atoms with Gasteiger partial charge in [-0.1, -0.05) is 13.0 Å². The first kappa shape index (κ1) is 22.1. The number of carbonyl (C=O) groups is 2. The summed E-state index contributed by atoms with van der Waals surface area (Å²) in [6.07, 6.45) is 1.63. The van der Waals surface area contributed by atoms with Gasteiger partial charge in [-0.05, 0) is 48.7 Å². The van der Waals surface area contributed by atoms with Gasteiger partial charge in [0, 0.05) is 24.2 Å². The third-order valence-electron chi connectivity index (χ3n) is 4.31. The summed E-state index contributed by atoms with van der Waals surface area (Å²) < 4.78 is 16.0. The minimum Gasteiger partial charge on any atom is -0.493 e. The first-order valence-electron chi connectivity index (χ1n) is 9.49. The van der Waals surface area contributed by atoms with Crippen LogP contribution in [0.5, 0.6) is 17.2 Å². The lowest BCUT2D eigenvalue weighted by Crippen LogP contribution is -2.24. The fraction of sp³-hybridized carbons (Fsp3) is 0.364. The molecule has 7 nitrogen and oxygen atoms in total. The molecule has 0 heterocycles. The maximum atomic E-state index is 12.4. The molecule has 0 radical (unpaired) electrons. The third kappa shape index (κ3) is 6.14. The van der Waals surface area contributed by atoms with Gasteiger partial charge >= 0.3 is 0 Å². The highest BCUT2D eigenvalue weighted by Gasteiger charge is 2.14. The summed E-state index contributed by atoms with van der Waals surface area (Å²) in [6, 6.07) is 10.5. The lowest BCUT2D eigenvalue weighted by atomic mass is 10.1. The molecule has 2 aromatic carbocycles. The van der Waals surface area contributed by atoms with Crippen molar-refractivity contribution in [1.82, 2.24) is 5.32 Å². The molecule has 2 rings (SSSR count). The van der Waals surface area contributed by atoms with Crippen molar-refractivity contribution in [2.45, 2.75) is 26.2 Å². The Hall–Kier alpha value is -3.22. The van der Waals surface area contributed by atoms with Crippen LogP contribution in [0.1, 0.15) is 35.7 Å². The fourth-order valence-electron chi connectivity index (χ4n) is 2.84. The lowest BCUT2D eigenvalue weighted by molar-refractivity contribution is -0.116. The molecule has 0 saturated heterocycles. The van der Waals surface area contributed by atoms with E-state index in [-0.39, 0.29) is 18.2 Å². The van der Waals surface area contributed by atoms with Crippen LogP contribution in [0.15, 0.2) is 36.4 Å². The number of hydrogen-bond donors (Lipinski definition) is 2. The molecule has 0 aliphatic heterocycles. The summed E-state index contributed by atoms with van der Waals surface area (Å²) in [4.78, 5) is 24.4. The molecular formula is C22H28N2O5. The van der Waals surface area contributed by atoms with Crippen LogP contribution in [0.3, 0.4) is 0 Å². The third-order valence-corrected chi connectivity index (χ3v) is 4.31. The molecule has 2 aromatic rings. The van der Waals surface area contributed by atoms with E-state index in [9.17, 15) is 9.59 Å². The molecule has 0 fully saturated rings. The standard InChI is InChI=1S/C22H28N2O5/c1-5-11-23-22(26)16-7-6-8-17(14-16)24-20(25)10-9-15-12-18(27-2)21(29-4)19(13-15)28-3/h6-8,12-14H,5,9-11H2,1-4H3,(H,23,26)(H,24,25). The van der Waals surface area contributed by atoms with E-state index in [2.05, 4.69) is 10.6 Å². The molecule has 0 bridgehead atoms. The second kappa shape index (κ2) is 10.9. The van der Waals surface area contributed by atoms with Crippen molar-refractivity contribution in [1.29, 1.82) is 0 Å². The molecule has 2 N–H and O–H groups in total. The molecule has 0 unspecified atom stereocenters. The summed E-state index contributed by atoms with van der Waals surface area (Å²) in [5, 5.41) is 5.66. The molecule has 0 aliphatic carbocycles. The van der Waals surface area contributed by atoms with Gasteiger partial charge in [-0.2, -0.15) is 0 Å². The first-order valence-corrected chi connectivity index (χ1v) is 9.49. The van der Waals surface area contributed by atoms with E-state index in [1.165, 1.54) is 0 Å². The van der Waals surface area contributed by atoms with Crippen LogP contribution in [0.4, 0.5) is 5.69 Å². The van der Waals surface area contributed by atoms with Crippen LogP contribution in [0.25, 0.3) is 0 Å². The number of amides is 2. The second-order valence-electron chi connectivity index (χ2n) is 6.42. The number of rotatable bonds is 10. The Labute approximate surface area is 171 Å². The van der Waals surface area contributed by atoms with Crippen molar-refractivity contribution >= 4 is 17.5 Å². The normalized spacial score (nSPS) is 10.2. The zero-order valence-corrected chi connectivity index (χ0v) is 17.3. The van der Waals surface area contributed by atoms with Crippen LogP contribution >= 0.6 is 0 Å². The van der Waals surface area contributed by atoms with E-state index >= 15 is 0 Å². The number of benzene rings is 2. The summed E-state index contributed by atoms with van der Waals surface area (Å²) in [6.45, 7) is 2.61. The van der Waals surface area contributed by atoms with Gasteiger partial charge in [0.05, 0.1) is 21.3 Å². The van der Waals surface area contributed by atoms with E-state index in [1.54, 1.807) is 45.6 Å². The number of hydrogen-bond acceptors (Lipinski definition) is 5. The quantitative estimate of drug-likeness (QED) is 0.638. The number of anilines is 1. The SMILES string of the molecule is CCCNC(=O)c1cccc(NC(=O)CCc2cc(OC)c(OC)c(OC)c2)c1. The lowest BCUT2D eigenvalue weighted by Gasteiger charge is -2.14. The Morgan fingerprint density at radius 3 is 2.24 bits per heavy atom. The number of ether oxygens (including phenoxy) is 3. The predicted molar refractivity (Wildman–Crippen MR) is 112 cm³/mol. The molecule has 29 heavy (non-hydrogen) atoms. The van der Waals surface area contributed by atoms with Crippen LogP contribution in [0.2, 0.25) is 0 Å². The average molecular weight is 400 g/mol. The van der Waals surface area contributed by atoms with Crippen molar-refractivity contribution in [3.63, 3.8) is 0 Å². The Morgan fingerprint density at radius 1 is 0.966 bits per heavy atom. The van der Waals surface area contributed by atoms with E-state index in [1.807, 2.05) is 19.1 Å². The maximum absolute atomic E-state index is 12.4. The van der Waals surface area contributed by atoms with Gasteiger partial charge in [0.1, 0.15) is 0 Å². The first-order chi connectivity index (χ1) is 14.0. The van der Waals surface area contributed by atoms with Gasteiger partial charge < -0.3 is 24.8 Å². The molecule has 0 spiro atoms. The van der Waals surface area contributed by atoms with E-state index < -0.39 is 0 Å². The molecule has 0 saturated carbocycles. The van der Waals surface area contributed by atoms with Gasteiger partial charge in [-0.3, -0.25) is 9.59 Å². The zero-order valence-electron chi connectivity index (χ0n) is 17.3. The van der Waals surface area contributed by atoms with Crippen LogP contribution in [-0.4, -0.2) is 39.7 Å². The maximum Gasteiger partial charge on any atom is 0.251 e. The Balaban J connectivity index is 2.01. The molecule has 0 aliphatic rings. The summed E-state index contributed by atoms with van der Waals surface area (Å²) in [5.74, 6) is 1.31. The fourth-order valence-corrected chi connectivity index (χ4v) is 2.84. The minimum absolute atomic E-state index is 0.148. The predicted octanol–water partition coefficient (Wildman–Crippen LogP) is 3.42. The highest BCUT2D eigenvalue weighted by molar-refractivity contribution is 5.97. The Bertz CT molecular complexity index is 826. The van der Waals surface area contributed by atoms with Crippen molar-refractivity contribution < 1.29 is 23.8 Å². The Kier molecular flexibility index (Phi) is 8.33. The number of carbonyl (C=O) groups excluding carboxylic acids is 2. The van der Waals surface area contributed by atoms with Crippen LogP contribution < -0.4 is 24.8 Å². The van der Waals surface area contributed by atoms with Crippen molar-refractivity contribution in [2.75, 3.05) is 33.2 Å².